The summed E-state index contributed by atoms with van der Waals surface area (Å²) < 4.78 is 10.3. The quantitative estimate of drug-likeness (QED) is 0.409. The van der Waals surface area contributed by atoms with E-state index in [1.165, 1.54) is 25.1 Å². The van der Waals surface area contributed by atoms with Crippen LogP contribution < -0.4 is 4.74 Å². The lowest BCUT2D eigenvalue weighted by atomic mass is 9.99. The Morgan fingerprint density at radius 1 is 1.17 bits per heavy atom. The van der Waals surface area contributed by atoms with Crippen LogP contribution in [0.25, 0.3) is 0 Å². The lowest BCUT2D eigenvalue weighted by Crippen LogP contribution is -2.61. The number of hydrogen-bond donors (Lipinski definition) is 5. The summed E-state index contributed by atoms with van der Waals surface area (Å²) in [6.45, 7) is 0.968. The third kappa shape index (κ3) is 3.55. The summed E-state index contributed by atoms with van der Waals surface area (Å²) in [5, 5.41) is 47.4. The number of ether oxygens (including phenoxy) is 2. The predicted molar refractivity (Wildman–Crippen MR) is 77.3 cm³/mol. The van der Waals surface area contributed by atoms with Gasteiger partial charge < -0.3 is 35.0 Å². The minimum absolute atomic E-state index is 0.0171. The molecule has 1 aromatic carbocycles. The maximum absolute atomic E-state index is 11.7. The van der Waals surface area contributed by atoms with Crippen LogP contribution in [0.3, 0.4) is 0 Å². The number of aliphatic hydroxyl groups excluding tert-OH is 4. The molecule has 0 amide bonds. The van der Waals surface area contributed by atoms with E-state index >= 15 is 0 Å². The van der Waals surface area contributed by atoms with Crippen molar-refractivity contribution in [2.75, 3.05) is 0 Å². The highest BCUT2D eigenvalue weighted by Crippen LogP contribution is 2.27. The second kappa shape index (κ2) is 7.24. The summed E-state index contributed by atoms with van der Waals surface area (Å²) >= 11 is 0. The van der Waals surface area contributed by atoms with Gasteiger partial charge >= 0.3 is 5.97 Å². The van der Waals surface area contributed by atoms with Crippen molar-refractivity contribution in [3.05, 3.63) is 29.3 Å². The Hall–Kier alpha value is -2.04. The van der Waals surface area contributed by atoms with Crippen LogP contribution in [-0.2, 0) is 16.1 Å². The van der Waals surface area contributed by atoms with Crippen LogP contribution >= 0.6 is 0 Å². The highest BCUT2D eigenvalue weighted by Gasteiger charge is 2.48. The average Bonchev–Trinajstić information content (AvgIpc) is 2.55. The van der Waals surface area contributed by atoms with E-state index in [1.807, 2.05) is 0 Å². The molecule has 0 unspecified atom stereocenters. The molecule has 9 heteroatoms. The molecule has 0 aromatic heterocycles. The zero-order valence-electron chi connectivity index (χ0n) is 12.7. The van der Waals surface area contributed by atoms with Gasteiger partial charge in [0.2, 0.25) is 6.29 Å². The van der Waals surface area contributed by atoms with Gasteiger partial charge in [-0.2, -0.15) is 0 Å². The number of Topliss-reactive ketones (excluding diaryl/α,β-unsaturated/α-hetero) is 1. The summed E-state index contributed by atoms with van der Waals surface area (Å²) in [6.07, 6.45) is -8.77. The van der Waals surface area contributed by atoms with Crippen molar-refractivity contribution in [1.82, 2.24) is 0 Å². The lowest BCUT2D eigenvalue weighted by molar-refractivity contribution is -0.271. The summed E-state index contributed by atoms with van der Waals surface area (Å²) in [7, 11) is 0. The first-order valence-electron chi connectivity index (χ1n) is 7.10. The van der Waals surface area contributed by atoms with Crippen molar-refractivity contribution in [3.63, 3.8) is 0 Å². The van der Waals surface area contributed by atoms with Crippen LogP contribution in [0.1, 0.15) is 22.8 Å². The standard InChI is InChI=1S/C15H18O9/c1-6(17)8-4-7(5-16)2-3-9(8)23-15-12(20)10(18)11(19)13(24-15)14(21)22/h2-4,10-13,15-16,18-20H,5H2,1H3,(H,21,22)/t10-,11-,12+,13-,15+/m0/s1. The minimum atomic E-state index is -1.83. The fourth-order valence-electron chi connectivity index (χ4n) is 2.33. The van der Waals surface area contributed by atoms with Gasteiger partial charge in [0.1, 0.15) is 24.1 Å². The molecule has 1 heterocycles. The number of carbonyl (C=O) groups is 2. The molecule has 5 atom stereocenters. The van der Waals surface area contributed by atoms with Gasteiger partial charge in [-0.05, 0) is 24.6 Å². The molecule has 2 rings (SSSR count). The van der Waals surface area contributed by atoms with Gasteiger partial charge in [-0.1, -0.05) is 6.07 Å². The zero-order chi connectivity index (χ0) is 18.0. The van der Waals surface area contributed by atoms with Crippen molar-refractivity contribution < 1.29 is 44.6 Å². The first kappa shape index (κ1) is 18.3. The van der Waals surface area contributed by atoms with Crippen LogP contribution in [0.2, 0.25) is 0 Å². The Morgan fingerprint density at radius 3 is 2.38 bits per heavy atom. The minimum Gasteiger partial charge on any atom is -0.479 e. The Bertz CT molecular complexity index is 629. The molecule has 1 aliphatic heterocycles. The molecule has 0 spiro atoms. The number of aliphatic carboxylic acids is 1. The van der Waals surface area contributed by atoms with E-state index in [-0.39, 0.29) is 23.7 Å². The van der Waals surface area contributed by atoms with E-state index in [0.717, 1.165) is 0 Å². The van der Waals surface area contributed by atoms with Gasteiger partial charge in [-0.3, -0.25) is 4.79 Å². The van der Waals surface area contributed by atoms with Crippen LogP contribution in [0.15, 0.2) is 18.2 Å². The van der Waals surface area contributed by atoms with Gasteiger partial charge in [0.15, 0.2) is 11.9 Å². The molecule has 1 fully saturated rings. The van der Waals surface area contributed by atoms with Crippen molar-refractivity contribution >= 4 is 11.8 Å². The maximum Gasteiger partial charge on any atom is 0.335 e. The monoisotopic (exact) mass is 342 g/mol. The Labute approximate surface area is 136 Å². The third-order valence-electron chi connectivity index (χ3n) is 3.66. The SMILES string of the molecule is CC(=O)c1cc(CO)ccc1O[C@@H]1O[C@H](C(=O)O)[C@@H](O)[C@H](O)[C@H]1O. The number of hydrogen-bond acceptors (Lipinski definition) is 8. The van der Waals surface area contributed by atoms with Gasteiger partial charge in [-0.25, -0.2) is 4.79 Å². The van der Waals surface area contributed by atoms with Crippen molar-refractivity contribution in [2.24, 2.45) is 0 Å². The summed E-state index contributed by atoms with van der Waals surface area (Å²) in [5.41, 5.74) is 0.543. The van der Waals surface area contributed by atoms with Gasteiger partial charge in [0.05, 0.1) is 12.2 Å². The van der Waals surface area contributed by atoms with Gasteiger partial charge in [-0.15, -0.1) is 0 Å². The summed E-state index contributed by atoms with van der Waals surface area (Å²) in [4.78, 5) is 22.8. The number of benzene rings is 1. The summed E-state index contributed by atoms with van der Waals surface area (Å²) in [5.74, 6) is -1.94. The third-order valence-corrected chi connectivity index (χ3v) is 3.66. The van der Waals surface area contributed by atoms with Crippen molar-refractivity contribution in [1.29, 1.82) is 0 Å². The number of aliphatic hydroxyl groups is 4. The van der Waals surface area contributed by atoms with Crippen molar-refractivity contribution in [3.8, 4) is 5.75 Å². The van der Waals surface area contributed by atoms with Crippen LogP contribution in [-0.4, -0.2) is 68.0 Å². The molecule has 0 aliphatic carbocycles. The molecule has 1 saturated heterocycles. The van der Waals surface area contributed by atoms with E-state index in [9.17, 15) is 24.9 Å². The molecule has 1 aromatic rings. The fraction of sp³-hybridized carbons (Fsp3) is 0.467. The van der Waals surface area contributed by atoms with Gasteiger partial charge in [0.25, 0.3) is 0 Å². The predicted octanol–water partition coefficient (Wildman–Crippen LogP) is -1.35. The molecule has 24 heavy (non-hydrogen) atoms. The Morgan fingerprint density at radius 2 is 1.83 bits per heavy atom. The highest BCUT2D eigenvalue weighted by molar-refractivity contribution is 5.97. The molecule has 0 saturated carbocycles. The Kier molecular flexibility index (Phi) is 5.52. The molecule has 9 nitrogen and oxygen atoms in total. The molecule has 0 radical (unpaired) electrons. The first-order chi connectivity index (χ1) is 11.3. The number of carbonyl (C=O) groups excluding carboxylic acids is 1. The highest BCUT2D eigenvalue weighted by atomic mass is 16.7. The smallest absolute Gasteiger partial charge is 0.335 e. The number of ketones is 1. The average molecular weight is 342 g/mol. The van der Waals surface area contributed by atoms with E-state index in [1.54, 1.807) is 0 Å². The Balaban J connectivity index is 2.29. The van der Waals surface area contributed by atoms with Crippen LogP contribution in [0.4, 0.5) is 0 Å². The first-order valence-corrected chi connectivity index (χ1v) is 7.10. The normalized spacial score (nSPS) is 30.0. The zero-order valence-corrected chi connectivity index (χ0v) is 12.7. The fourth-order valence-corrected chi connectivity index (χ4v) is 2.33. The largest absolute Gasteiger partial charge is 0.479 e. The topological polar surface area (TPSA) is 154 Å². The van der Waals surface area contributed by atoms with E-state index in [0.29, 0.717) is 5.56 Å². The maximum atomic E-state index is 11.7. The van der Waals surface area contributed by atoms with Gasteiger partial charge in [0, 0.05) is 0 Å². The van der Waals surface area contributed by atoms with E-state index < -0.39 is 36.7 Å². The summed E-state index contributed by atoms with van der Waals surface area (Å²) in [6, 6.07) is 4.20. The lowest BCUT2D eigenvalue weighted by Gasteiger charge is -2.38. The molecular weight excluding hydrogens is 324 g/mol. The van der Waals surface area contributed by atoms with E-state index in [4.69, 9.17) is 19.7 Å². The van der Waals surface area contributed by atoms with Crippen molar-refractivity contribution in [2.45, 2.75) is 44.2 Å². The molecule has 5 N–H and O–H groups in total. The molecule has 0 bridgehead atoms. The number of rotatable bonds is 5. The second-order valence-corrected chi connectivity index (χ2v) is 5.40. The second-order valence-electron chi connectivity index (χ2n) is 5.40. The number of carboxylic acids is 1. The van der Waals surface area contributed by atoms with Crippen LogP contribution in [0.5, 0.6) is 5.75 Å². The molecule has 132 valence electrons. The van der Waals surface area contributed by atoms with Crippen LogP contribution in [0, 0.1) is 0 Å². The van der Waals surface area contributed by atoms with E-state index in [2.05, 4.69) is 0 Å². The number of carboxylic acid groups (broad SMARTS) is 1. The molecular formula is C15H18O9. The molecule has 1 aliphatic rings.